The van der Waals surface area contributed by atoms with E-state index in [1.807, 2.05) is 18.2 Å². The lowest BCUT2D eigenvalue weighted by Crippen LogP contribution is -2.26. The topological polar surface area (TPSA) is 75.3 Å². The molecular weight excluding hydrogens is 192 g/mol. The first kappa shape index (κ1) is 10.1. The Morgan fingerprint density at radius 1 is 1.53 bits per heavy atom. The number of hydrogen-bond donors (Lipinski definition) is 3. The van der Waals surface area contributed by atoms with Crippen molar-refractivity contribution < 1.29 is 9.90 Å². The molecule has 1 heterocycles. The van der Waals surface area contributed by atoms with Gasteiger partial charge in [-0.15, -0.1) is 0 Å². The van der Waals surface area contributed by atoms with Gasteiger partial charge in [-0.3, -0.25) is 4.79 Å². The number of benzene rings is 1. The summed E-state index contributed by atoms with van der Waals surface area (Å²) >= 11 is 0. The van der Waals surface area contributed by atoms with Gasteiger partial charge in [0, 0.05) is 11.7 Å². The molecule has 1 aromatic carbocycles. The summed E-state index contributed by atoms with van der Waals surface area (Å²) in [5.41, 5.74) is 8.61. The van der Waals surface area contributed by atoms with Gasteiger partial charge in [-0.05, 0) is 23.6 Å². The van der Waals surface area contributed by atoms with Crippen LogP contribution in [0.2, 0.25) is 0 Å². The van der Waals surface area contributed by atoms with E-state index in [2.05, 4.69) is 5.32 Å². The Balaban J connectivity index is 2.16. The van der Waals surface area contributed by atoms with Crippen molar-refractivity contribution in [1.29, 1.82) is 0 Å². The highest BCUT2D eigenvalue weighted by Crippen LogP contribution is 2.24. The summed E-state index contributed by atoms with van der Waals surface area (Å²) in [6.07, 6.45) is 1.08. The second kappa shape index (κ2) is 4.00. The zero-order chi connectivity index (χ0) is 10.8. The second-order valence-corrected chi connectivity index (χ2v) is 3.86. The maximum absolute atomic E-state index is 11.1. The minimum absolute atomic E-state index is 0.0196. The first-order valence-electron chi connectivity index (χ1n) is 4.97. The van der Waals surface area contributed by atoms with Crippen LogP contribution in [0.25, 0.3) is 0 Å². The lowest BCUT2D eigenvalue weighted by atomic mass is 10.0. The molecule has 1 aromatic rings. The van der Waals surface area contributed by atoms with Gasteiger partial charge in [0.25, 0.3) is 0 Å². The molecule has 1 amide bonds. The lowest BCUT2D eigenvalue weighted by molar-refractivity contribution is -0.115. The molecule has 4 heteroatoms. The van der Waals surface area contributed by atoms with Crippen LogP contribution in [0.4, 0.5) is 5.69 Å². The standard InChI is InChI=1S/C11H14N2O2/c12-9(6-14)4-7-1-2-10-8(3-7)5-11(15)13-10/h1-3,9,14H,4-6,12H2,(H,13,15). The average Bonchev–Trinajstić information content (AvgIpc) is 2.57. The van der Waals surface area contributed by atoms with Crippen molar-refractivity contribution in [2.45, 2.75) is 18.9 Å². The van der Waals surface area contributed by atoms with Crippen LogP contribution in [0.15, 0.2) is 18.2 Å². The summed E-state index contributed by atoms with van der Waals surface area (Å²) in [5.74, 6) is 0.0357. The third kappa shape index (κ3) is 2.16. The Kier molecular flexibility index (Phi) is 2.70. The molecule has 1 aliphatic heterocycles. The van der Waals surface area contributed by atoms with E-state index in [4.69, 9.17) is 10.8 Å². The smallest absolute Gasteiger partial charge is 0.228 e. The molecule has 0 saturated carbocycles. The fourth-order valence-corrected chi connectivity index (χ4v) is 1.78. The van der Waals surface area contributed by atoms with Crippen molar-refractivity contribution in [1.82, 2.24) is 0 Å². The largest absolute Gasteiger partial charge is 0.395 e. The normalized spacial score (nSPS) is 16.0. The van der Waals surface area contributed by atoms with E-state index in [0.717, 1.165) is 16.8 Å². The van der Waals surface area contributed by atoms with Crippen molar-refractivity contribution in [3.05, 3.63) is 29.3 Å². The van der Waals surface area contributed by atoms with E-state index < -0.39 is 0 Å². The SMILES string of the molecule is NC(CO)Cc1ccc2c(c1)CC(=O)N2. The van der Waals surface area contributed by atoms with Gasteiger partial charge >= 0.3 is 0 Å². The number of rotatable bonds is 3. The third-order valence-electron chi connectivity index (χ3n) is 2.53. The van der Waals surface area contributed by atoms with E-state index in [-0.39, 0.29) is 18.6 Å². The van der Waals surface area contributed by atoms with Crippen LogP contribution in [-0.4, -0.2) is 23.7 Å². The molecule has 1 aliphatic rings. The zero-order valence-electron chi connectivity index (χ0n) is 8.36. The molecule has 0 saturated heterocycles. The van der Waals surface area contributed by atoms with E-state index in [9.17, 15) is 4.79 Å². The summed E-state index contributed by atoms with van der Waals surface area (Å²) in [6, 6.07) is 5.57. The third-order valence-corrected chi connectivity index (χ3v) is 2.53. The number of fused-ring (bicyclic) bond motifs is 1. The maximum Gasteiger partial charge on any atom is 0.228 e. The van der Waals surface area contributed by atoms with Gasteiger partial charge in [-0.25, -0.2) is 0 Å². The molecule has 0 fully saturated rings. The van der Waals surface area contributed by atoms with Gasteiger partial charge in [0.2, 0.25) is 5.91 Å². The van der Waals surface area contributed by atoms with Crippen molar-refractivity contribution in [2.75, 3.05) is 11.9 Å². The highest BCUT2D eigenvalue weighted by Gasteiger charge is 2.17. The number of nitrogens with two attached hydrogens (primary N) is 1. The number of carbonyl (C=O) groups is 1. The van der Waals surface area contributed by atoms with Crippen LogP contribution < -0.4 is 11.1 Å². The van der Waals surface area contributed by atoms with Crippen LogP contribution in [0.3, 0.4) is 0 Å². The summed E-state index contributed by atoms with van der Waals surface area (Å²) in [7, 11) is 0. The fourth-order valence-electron chi connectivity index (χ4n) is 1.78. The Labute approximate surface area is 88.1 Å². The quantitative estimate of drug-likeness (QED) is 0.653. The van der Waals surface area contributed by atoms with Gasteiger partial charge in [0.05, 0.1) is 13.0 Å². The number of anilines is 1. The number of aliphatic hydroxyl groups is 1. The van der Waals surface area contributed by atoms with E-state index in [1.54, 1.807) is 0 Å². The molecule has 0 aliphatic carbocycles. The number of aliphatic hydroxyl groups excluding tert-OH is 1. The van der Waals surface area contributed by atoms with Crippen LogP contribution in [0.1, 0.15) is 11.1 Å². The van der Waals surface area contributed by atoms with Gasteiger partial charge in [0.15, 0.2) is 0 Å². The van der Waals surface area contributed by atoms with E-state index in [0.29, 0.717) is 12.8 Å². The molecule has 2 rings (SSSR count). The molecule has 0 spiro atoms. The van der Waals surface area contributed by atoms with Crippen LogP contribution in [0.5, 0.6) is 0 Å². The fraction of sp³-hybridized carbons (Fsp3) is 0.364. The molecular formula is C11H14N2O2. The highest BCUT2D eigenvalue weighted by molar-refractivity contribution is 5.99. The van der Waals surface area contributed by atoms with E-state index in [1.165, 1.54) is 0 Å². The molecule has 0 aromatic heterocycles. The van der Waals surface area contributed by atoms with Gasteiger partial charge < -0.3 is 16.2 Å². The van der Waals surface area contributed by atoms with Crippen LogP contribution in [0, 0.1) is 0 Å². The zero-order valence-corrected chi connectivity index (χ0v) is 8.36. The molecule has 15 heavy (non-hydrogen) atoms. The average molecular weight is 206 g/mol. The summed E-state index contributed by atoms with van der Waals surface area (Å²) in [4.78, 5) is 11.1. The van der Waals surface area contributed by atoms with Crippen LogP contribution in [-0.2, 0) is 17.6 Å². The van der Waals surface area contributed by atoms with Gasteiger partial charge in [-0.1, -0.05) is 12.1 Å². The molecule has 4 nitrogen and oxygen atoms in total. The maximum atomic E-state index is 11.1. The molecule has 1 atom stereocenters. The lowest BCUT2D eigenvalue weighted by Gasteiger charge is -2.08. The highest BCUT2D eigenvalue weighted by atomic mass is 16.3. The first-order chi connectivity index (χ1) is 7.19. The number of hydrogen-bond acceptors (Lipinski definition) is 3. The van der Waals surface area contributed by atoms with Crippen molar-refractivity contribution in [2.24, 2.45) is 5.73 Å². The predicted molar refractivity (Wildman–Crippen MR) is 57.5 cm³/mol. The number of nitrogens with one attached hydrogen (secondary N) is 1. The molecule has 80 valence electrons. The van der Waals surface area contributed by atoms with Crippen molar-refractivity contribution in [3.63, 3.8) is 0 Å². The Morgan fingerprint density at radius 3 is 3.07 bits per heavy atom. The molecule has 1 unspecified atom stereocenters. The van der Waals surface area contributed by atoms with Crippen LogP contribution >= 0.6 is 0 Å². The second-order valence-electron chi connectivity index (χ2n) is 3.86. The predicted octanol–water partition coefficient (Wildman–Crippen LogP) is 0.0433. The Bertz CT molecular complexity index is 390. The van der Waals surface area contributed by atoms with Gasteiger partial charge in [-0.2, -0.15) is 0 Å². The molecule has 0 bridgehead atoms. The van der Waals surface area contributed by atoms with Crippen molar-refractivity contribution in [3.8, 4) is 0 Å². The molecule has 0 radical (unpaired) electrons. The Morgan fingerprint density at radius 2 is 2.33 bits per heavy atom. The first-order valence-corrected chi connectivity index (χ1v) is 4.97. The van der Waals surface area contributed by atoms with Gasteiger partial charge in [0.1, 0.15) is 0 Å². The number of amides is 1. The monoisotopic (exact) mass is 206 g/mol. The number of carbonyl (C=O) groups excluding carboxylic acids is 1. The van der Waals surface area contributed by atoms with E-state index >= 15 is 0 Å². The summed E-state index contributed by atoms with van der Waals surface area (Å²) in [6.45, 7) is -0.0196. The summed E-state index contributed by atoms with van der Waals surface area (Å²) in [5, 5.41) is 11.6. The minimum Gasteiger partial charge on any atom is -0.395 e. The van der Waals surface area contributed by atoms with Crippen molar-refractivity contribution >= 4 is 11.6 Å². The Hall–Kier alpha value is -1.39. The molecule has 4 N–H and O–H groups in total. The summed E-state index contributed by atoms with van der Waals surface area (Å²) < 4.78 is 0. The minimum atomic E-state index is -0.229.